The maximum Gasteiger partial charge on any atom is 0.433 e. The van der Waals surface area contributed by atoms with Crippen molar-refractivity contribution in [2.75, 3.05) is 5.32 Å². The first kappa shape index (κ1) is 27.8. The number of nitrogens with one attached hydrogen (secondary N) is 1. The molecular formula is C28H18F5N3O4S. The first-order valence-corrected chi connectivity index (χ1v) is 12.6. The average molecular weight is 588 g/mol. The van der Waals surface area contributed by atoms with E-state index in [9.17, 15) is 31.5 Å². The summed E-state index contributed by atoms with van der Waals surface area (Å²) in [6.45, 7) is 1.51. The molecule has 0 aliphatic rings. The molecule has 41 heavy (non-hydrogen) atoms. The predicted molar refractivity (Wildman–Crippen MR) is 141 cm³/mol. The molecule has 2 amide bonds. The van der Waals surface area contributed by atoms with Gasteiger partial charge in [-0.05, 0) is 48.4 Å². The monoisotopic (exact) mass is 587 g/mol. The highest BCUT2D eigenvalue weighted by atomic mass is 32.1. The lowest BCUT2D eigenvalue weighted by Gasteiger charge is -2.12. The van der Waals surface area contributed by atoms with Crippen molar-refractivity contribution < 1.29 is 40.7 Å². The van der Waals surface area contributed by atoms with Crippen molar-refractivity contribution in [3.05, 3.63) is 100.0 Å². The van der Waals surface area contributed by atoms with Crippen LogP contribution in [0, 0.1) is 18.6 Å². The number of carbonyl (C=O) groups is 2. The van der Waals surface area contributed by atoms with Crippen LogP contribution < -0.4 is 15.8 Å². The highest BCUT2D eigenvalue weighted by Gasteiger charge is 2.35. The molecule has 0 aliphatic heterocycles. The number of furan rings is 1. The lowest BCUT2D eigenvalue weighted by Crippen LogP contribution is -2.16. The minimum absolute atomic E-state index is 0.0798. The molecule has 0 spiro atoms. The number of alkyl halides is 3. The fourth-order valence-corrected chi connectivity index (χ4v) is 5.00. The van der Waals surface area contributed by atoms with Crippen LogP contribution in [0.3, 0.4) is 0 Å². The van der Waals surface area contributed by atoms with E-state index in [-0.39, 0.29) is 50.2 Å². The van der Waals surface area contributed by atoms with Gasteiger partial charge in [0.2, 0.25) is 0 Å². The predicted octanol–water partition coefficient (Wildman–Crippen LogP) is 7.09. The molecule has 5 aromatic rings. The Labute approximate surface area is 232 Å². The zero-order valence-electron chi connectivity index (χ0n) is 20.9. The molecule has 0 unspecified atom stereocenters. The quantitative estimate of drug-likeness (QED) is 0.198. The number of hydrogen-bond acceptors (Lipinski definition) is 6. The Balaban J connectivity index is 1.51. The number of aromatic nitrogens is 1. The van der Waals surface area contributed by atoms with Gasteiger partial charge in [-0.2, -0.15) is 13.2 Å². The summed E-state index contributed by atoms with van der Waals surface area (Å²) in [6, 6.07) is 12.9. The highest BCUT2D eigenvalue weighted by Crippen LogP contribution is 2.43. The van der Waals surface area contributed by atoms with Gasteiger partial charge >= 0.3 is 6.18 Å². The molecule has 5 rings (SSSR count). The highest BCUT2D eigenvalue weighted by molar-refractivity contribution is 7.21. The van der Waals surface area contributed by atoms with Crippen molar-refractivity contribution in [1.82, 2.24) is 4.98 Å². The van der Waals surface area contributed by atoms with Gasteiger partial charge in [0.25, 0.3) is 11.8 Å². The molecule has 0 saturated heterocycles. The van der Waals surface area contributed by atoms with Crippen molar-refractivity contribution in [3.63, 3.8) is 0 Å². The molecule has 0 saturated carbocycles. The Morgan fingerprint density at radius 1 is 1.05 bits per heavy atom. The number of benzene rings is 2. The molecule has 210 valence electrons. The normalized spacial score (nSPS) is 11.6. The van der Waals surface area contributed by atoms with Gasteiger partial charge in [-0.1, -0.05) is 29.8 Å². The average Bonchev–Trinajstić information content (AvgIpc) is 3.53. The molecule has 3 heterocycles. The number of halogens is 5. The number of rotatable bonds is 7. The van der Waals surface area contributed by atoms with Crippen LogP contribution in [0.25, 0.3) is 21.3 Å². The van der Waals surface area contributed by atoms with E-state index >= 15 is 0 Å². The number of thiophene rings is 1. The molecule has 3 N–H and O–H groups in total. The minimum Gasteiger partial charge on any atom is -0.483 e. The smallest absolute Gasteiger partial charge is 0.433 e. The molecule has 3 aromatic heterocycles. The molecule has 7 nitrogen and oxygen atoms in total. The van der Waals surface area contributed by atoms with Crippen molar-refractivity contribution in [2.24, 2.45) is 5.73 Å². The Morgan fingerprint density at radius 2 is 1.78 bits per heavy atom. The summed E-state index contributed by atoms with van der Waals surface area (Å²) in [5.41, 5.74) is 5.56. The Kier molecular flexibility index (Phi) is 7.22. The van der Waals surface area contributed by atoms with E-state index in [0.29, 0.717) is 23.0 Å². The van der Waals surface area contributed by atoms with Crippen LogP contribution in [-0.4, -0.2) is 16.8 Å². The summed E-state index contributed by atoms with van der Waals surface area (Å²) in [4.78, 5) is 28.8. The first-order valence-electron chi connectivity index (χ1n) is 11.8. The largest absolute Gasteiger partial charge is 0.483 e. The van der Waals surface area contributed by atoms with E-state index in [1.807, 2.05) is 6.92 Å². The van der Waals surface area contributed by atoms with Crippen molar-refractivity contribution in [2.45, 2.75) is 19.7 Å². The summed E-state index contributed by atoms with van der Waals surface area (Å²) in [5.74, 6) is -3.90. The Hall–Kier alpha value is -4.78. The number of nitrogens with zero attached hydrogens (tertiary/aromatic N) is 1. The number of fused-ring (bicyclic) bond motifs is 1. The van der Waals surface area contributed by atoms with Gasteiger partial charge in [-0.15, -0.1) is 11.3 Å². The molecule has 0 radical (unpaired) electrons. The van der Waals surface area contributed by atoms with E-state index < -0.39 is 35.3 Å². The van der Waals surface area contributed by atoms with E-state index in [4.69, 9.17) is 14.9 Å². The summed E-state index contributed by atoms with van der Waals surface area (Å²) in [5, 5.41) is 2.62. The number of ether oxygens (including phenoxy) is 1. The number of pyridine rings is 1. The van der Waals surface area contributed by atoms with Gasteiger partial charge < -0.3 is 20.2 Å². The third kappa shape index (κ3) is 5.75. The fourth-order valence-electron chi connectivity index (χ4n) is 3.99. The van der Waals surface area contributed by atoms with Gasteiger partial charge in [-0.3, -0.25) is 9.59 Å². The number of primary amides is 1. The van der Waals surface area contributed by atoms with Gasteiger partial charge in [0, 0.05) is 11.5 Å². The maximum atomic E-state index is 13.8. The first-order chi connectivity index (χ1) is 19.4. The van der Waals surface area contributed by atoms with Crippen LogP contribution in [0.2, 0.25) is 0 Å². The SMILES string of the molecule is Cc1ccc(-c2cc(C(F)(F)F)nc3sc(C(N)=O)c(NC(=O)c4ccc(COc5ccc(F)cc5F)o4)c23)cc1. The van der Waals surface area contributed by atoms with Crippen LogP contribution in [-0.2, 0) is 12.8 Å². The van der Waals surface area contributed by atoms with E-state index in [2.05, 4.69) is 10.3 Å². The lowest BCUT2D eigenvalue weighted by molar-refractivity contribution is -0.140. The summed E-state index contributed by atoms with van der Waals surface area (Å²) < 4.78 is 78.8. The van der Waals surface area contributed by atoms with Gasteiger partial charge in [0.1, 0.15) is 33.6 Å². The number of carbonyl (C=O) groups excluding carboxylic acids is 2. The number of hydrogen-bond donors (Lipinski definition) is 2. The van der Waals surface area contributed by atoms with Crippen LogP contribution in [0.5, 0.6) is 5.75 Å². The second kappa shape index (κ2) is 10.7. The summed E-state index contributed by atoms with van der Waals surface area (Å²) >= 11 is 0.612. The van der Waals surface area contributed by atoms with Gasteiger partial charge in [-0.25, -0.2) is 13.8 Å². The Morgan fingerprint density at radius 3 is 2.44 bits per heavy atom. The van der Waals surface area contributed by atoms with Gasteiger partial charge in [0.15, 0.2) is 17.3 Å². The summed E-state index contributed by atoms with van der Waals surface area (Å²) in [7, 11) is 0. The third-order valence-corrected chi connectivity index (χ3v) is 7.02. The lowest BCUT2D eigenvalue weighted by atomic mass is 10.00. The number of amides is 2. The van der Waals surface area contributed by atoms with Crippen molar-refractivity contribution in [1.29, 1.82) is 0 Å². The van der Waals surface area contributed by atoms with Crippen LogP contribution >= 0.6 is 11.3 Å². The third-order valence-electron chi connectivity index (χ3n) is 5.93. The molecule has 13 heteroatoms. The van der Waals surface area contributed by atoms with E-state index in [1.54, 1.807) is 24.3 Å². The van der Waals surface area contributed by atoms with E-state index in [1.165, 1.54) is 12.1 Å². The van der Waals surface area contributed by atoms with Crippen LogP contribution in [0.1, 0.15) is 37.2 Å². The van der Waals surface area contributed by atoms with E-state index in [0.717, 1.165) is 23.8 Å². The Bertz CT molecular complexity index is 1800. The van der Waals surface area contributed by atoms with Gasteiger partial charge in [0.05, 0.1) is 5.69 Å². The maximum absolute atomic E-state index is 13.8. The molecule has 2 aromatic carbocycles. The second-order valence-corrected chi connectivity index (χ2v) is 9.85. The van der Waals surface area contributed by atoms with Crippen molar-refractivity contribution in [3.8, 4) is 16.9 Å². The molecular weight excluding hydrogens is 569 g/mol. The standard InChI is InChI=1S/C28H18F5N3O4S/c1-13-2-4-14(5-3-13)17-11-21(28(31,32)33)35-27-22(17)23(24(41-27)25(34)37)36-26(38)20-9-7-16(40-20)12-39-19-8-6-15(29)10-18(19)30/h2-11H,12H2,1H3,(H2,34,37)(H,36,38). The molecule has 0 aliphatic carbocycles. The minimum atomic E-state index is -4.78. The number of nitrogens with two attached hydrogens (primary N) is 1. The zero-order chi connectivity index (χ0) is 29.5. The number of aryl methyl sites for hydroxylation is 1. The molecule has 0 bridgehead atoms. The number of anilines is 1. The van der Waals surface area contributed by atoms with Crippen LogP contribution in [0.4, 0.5) is 27.6 Å². The topological polar surface area (TPSA) is 107 Å². The summed E-state index contributed by atoms with van der Waals surface area (Å²) in [6.07, 6.45) is -4.78. The molecule has 0 fully saturated rings. The van der Waals surface area contributed by atoms with Crippen LogP contribution in [0.15, 0.2) is 65.1 Å². The molecule has 0 atom stereocenters. The fraction of sp³-hybridized carbons (Fsp3) is 0.107. The second-order valence-electron chi connectivity index (χ2n) is 8.85. The van der Waals surface area contributed by atoms with Crippen molar-refractivity contribution >= 4 is 39.1 Å². The zero-order valence-corrected chi connectivity index (χ0v) is 21.8.